The summed E-state index contributed by atoms with van der Waals surface area (Å²) in [7, 11) is 1.17. The summed E-state index contributed by atoms with van der Waals surface area (Å²) < 4.78 is 33.8. The number of hydrogen-bond acceptors (Lipinski definition) is 14. The molecule has 1 spiro atoms. The monoisotopic (exact) mass is 892 g/mol. The summed E-state index contributed by atoms with van der Waals surface area (Å²) in [5.74, 6) is -4.57. The molecule has 328 valence electrons. The first-order chi connectivity index (χ1) is 28.9. The number of phenolic OH excluding ortho intramolecular Hbond substituents is 2. The zero-order chi connectivity index (χ0) is 45.5. The van der Waals surface area contributed by atoms with Gasteiger partial charge in [0.1, 0.15) is 33.6 Å². The van der Waals surface area contributed by atoms with E-state index >= 15 is 0 Å². The molecule has 14 nitrogen and oxygen atoms in total. The van der Waals surface area contributed by atoms with Crippen molar-refractivity contribution in [3.8, 4) is 28.7 Å². The highest BCUT2D eigenvalue weighted by Gasteiger charge is 2.89. The van der Waals surface area contributed by atoms with Crippen molar-refractivity contribution in [3.05, 3.63) is 85.5 Å². The Hall–Kier alpha value is -5.31. The van der Waals surface area contributed by atoms with E-state index in [2.05, 4.69) is 6.92 Å². The number of carbonyl (C=O) groups excluding carboxylic acids is 5. The number of furan rings is 1. The van der Waals surface area contributed by atoms with Crippen molar-refractivity contribution >= 4 is 52.7 Å². The Labute approximate surface area is 366 Å². The molecule has 1 saturated heterocycles. The fraction of sp³-hybridized carbons (Fsp3) is 0.457. The predicted molar refractivity (Wildman–Crippen MR) is 221 cm³/mol. The molecule has 3 aromatic rings. The molecule has 0 bridgehead atoms. The van der Waals surface area contributed by atoms with Crippen LogP contribution in [0.4, 0.5) is 0 Å². The van der Waals surface area contributed by atoms with Crippen molar-refractivity contribution in [1.82, 2.24) is 0 Å². The maximum absolute atomic E-state index is 14.3. The van der Waals surface area contributed by atoms with Gasteiger partial charge in [-0.3, -0.25) is 14.4 Å². The Morgan fingerprint density at radius 2 is 1.55 bits per heavy atom. The van der Waals surface area contributed by atoms with Crippen LogP contribution in [0.3, 0.4) is 0 Å². The highest BCUT2D eigenvalue weighted by molar-refractivity contribution is 6.39. The van der Waals surface area contributed by atoms with E-state index in [1.807, 2.05) is 19.9 Å². The van der Waals surface area contributed by atoms with Gasteiger partial charge in [0.15, 0.2) is 34.5 Å². The summed E-state index contributed by atoms with van der Waals surface area (Å²) >= 11 is 12.2. The smallest absolute Gasteiger partial charge is 0.347 e. The van der Waals surface area contributed by atoms with Crippen LogP contribution >= 0.6 is 23.2 Å². The van der Waals surface area contributed by atoms with Crippen LogP contribution in [-0.2, 0) is 28.6 Å². The quantitative estimate of drug-likeness (QED) is 0.128. The van der Waals surface area contributed by atoms with Crippen molar-refractivity contribution < 1.29 is 67.4 Å². The second-order valence-corrected chi connectivity index (χ2v) is 19.0. The number of epoxide rings is 1. The number of benzene rings is 2. The van der Waals surface area contributed by atoms with Crippen LogP contribution in [0.5, 0.6) is 28.7 Å². The molecular weight excluding hydrogens is 847 g/mol. The maximum atomic E-state index is 14.3. The third-order valence-electron chi connectivity index (χ3n) is 14.8. The number of aliphatic hydroxyl groups excluding tert-OH is 1. The summed E-state index contributed by atoms with van der Waals surface area (Å²) in [5, 5.41) is 31.6. The van der Waals surface area contributed by atoms with E-state index in [1.54, 1.807) is 38.5 Å². The van der Waals surface area contributed by atoms with Gasteiger partial charge in [-0.2, -0.15) is 0 Å². The highest BCUT2D eigenvalue weighted by Crippen LogP contribution is 2.81. The molecule has 16 heteroatoms. The van der Waals surface area contributed by atoms with Gasteiger partial charge in [0.25, 0.3) is 0 Å². The molecule has 62 heavy (non-hydrogen) atoms. The average Bonchev–Trinajstić information content (AvgIpc) is 3.64. The van der Waals surface area contributed by atoms with Gasteiger partial charge >= 0.3 is 17.9 Å². The Kier molecular flexibility index (Phi) is 9.68. The van der Waals surface area contributed by atoms with Crippen LogP contribution in [-0.4, -0.2) is 69.7 Å². The fourth-order valence-electron chi connectivity index (χ4n) is 12.1. The SMILES string of the molecule is CC(=O)OC1CC2(C)C(c3ccoc3)CC3OC32C2(C)C(=O)C(O)=C3C(C)(C)C(=O)C=CC3(C)C12.COC(=O)c1c(C)c2c(c(C)c1O)OC(=O)c1c(C)c(Cl)c(O)c(Cl)c1O2. The molecule has 3 fully saturated rings. The fourth-order valence-corrected chi connectivity index (χ4v) is 12.6. The molecule has 0 amide bonds. The van der Waals surface area contributed by atoms with Crippen LogP contribution in [0, 0.1) is 48.3 Å². The van der Waals surface area contributed by atoms with E-state index in [9.17, 15) is 39.3 Å². The molecule has 9 rings (SSSR count). The van der Waals surface area contributed by atoms with Crippen molar-refractivity contribution in [2.75, 3.05) is 7.11 Å². The summed E-state index contributed by atoms with van der Waals surface area (Å²) in [6.45, 7) is 15.2. The number of aromatic hydroxyl groups is 2. The molecule has 8 atom stereocenters. The second kappa shape index (κ2) is 13.8. The molecule has 8 unspecified atom stereocenters. The minimum Gasteiger partial charge on any atom is -0.507 e. The zero-order valence-electron chi connectivity index (χ0n) is 35.7. The largest absolute Gasteiger partial charge is 0.507 e. The van der Waals surface area contributed by atoms with Crippen molar-refractivity contribution in [2.24, 2.45) is 27.6 Å². The van der Waals surface area contributed by atoms with E-state index in [1.165, 1.54) is 34.8 Å². The van der Waals surface area contributed by atoms with Gasteiger partial charge in [0.05, 0.1) is 41.6 Å². The van der Waals surface area contributed by atoms with Crippen molar-refractivity contribution in [2.45, 2.75) is 98.9 Å². The normalized spacial score (nSPS) is 32.0. The Balaban J connectivity index is 0.000000177. The summed E-state index contributed by atoms with van der Waals surface area (Å²) in [5.41, 5.74) is -2.79. The number of ketones is 2. The molecule has 3 N–H and O–H groups in total. The van der Waals surface area contributed by atoms with Gasteiger partial charge in [-0.15, -0.1) is 0 Å². The van der Waals surface area contributed by atoms with Crippen molar-refractivity contribution in [1.29, 1.82) is 0 Å². The number of rotatable bonds is 3. The van der Waals surface area contributed by atoms with Crippen molar-refractivity contribution in [3.63, 3.8) is 0 Å². The van der Waals surface area contributed by atoms with E-state index in [0.29, 0.717) is 18.4 Å². The average molecular weight is 894 g/mol. The number of fused-ring (bicyclic) bond motifs is 5. The number of allylic oxidation sites excluding steroid dienone is 4. The Morgan fingerprint density at radius 3 is 2.16 bits per heavy atom. The third kappa shape index (κ3) is 5.35. The Bertz CT molecular complexity index is 2620. The first kappa shape index (κ1) is 43.3. The molecule has 6 aliphatic rings. The van der Waals surface area contributed by atoms with Gasteiger partial charge in [-0.25, -0.2) is 9.59 Å². The Morgan fingerprint density at radius 1 is 0.887 bits per heavy atom. The molecule has 1 aromatic heterocycles. The van der Waals surface area contributed by atoms with Gasteiger partial charge < -0.3 is 43.4 Å². The standard InChI is InChI=1S/C28H32O7.C18H14Cl2O7/c1-14(29)34-17-12-26(5)16(15-8-10-33-13-15)11-19-28(26,35-19)27(6)21(17)25(4)9-7-18(30)24(2,3)22(25)20(31)23(27)32;1-5-9-16(11(20)13(22)10(5)19)26-14-6(2)8(17(23)25-4)12(21)7(3)15(14)27-18(9)24/h7-10,13,16-17,19,21,31H,11-12H2,1-6H3;21-22H,1-4H3. The number of halogens is 2. The van der Waals surface area contributed by atoms with Crippen LogP contribution < -0.4 is 9.47 Å². The molecular formula is C46H46Cl2O14. The highest BCUT2D eigenvalue weighted by atomic mass is 35.5. The van der Waals surface area contributed by atoms with E-state index in [-0.39, 0.29) is 78.7 Å². The number of hydrogen-bond donors (Lipinski definition) is 3. The molecule has 2 saturated carbocycles. The predicted octanol–water partition coefficient (Wildman–Crippen LogP) is 8.88. The summed E-state index contributed by atoms with van der Waals surface area (Å²) in [6, 6.07) is 1.95. The lowest BCUT2D eigenvalue weighted by molar-refractivity contribution is -0.200. The summed E-state index contributed by atoms with van der Waals surface area (Å²) in [4.78, 5) is 64.4. The summed E-state index contributed by atoms with van der Waals surface area (Å²) in [6.07, 6.45) is 7.17. The van der Waals surface area contributed by atoms with Gasteiger partial charge in [0, 0.05) is 34.8 Å². The second-order valence-electron chi connectivity index (χ2n) is 18.2. The molecule has 0 radical (unpaired) electrons. The number of Topliss-reactive ketones (excluding diaryl/α,β-unsaturated/α-hetero) is 1. The molecule has 2 aliphatic heterocycles. The van der Waals surface area contributed by atoms with Crippen LogP contribution in [0.15, 0.2) is 46.5 Å². The zero-order valence-corrected chi connectivity index (χ0v) is 37.2. The van der Waals surface area contributed by atoms with E-state index in [4.69, 9.17) is 51.3 Å². The number of phenols is 2. The van der Waals surface area contributed by atoms with Crippen LogP contribution in [0.2, 0.25) is 10.0 Å². The number of ether oxygens (including phenoxy) is 5. The first-order valence-electron chi connectivity index (χ1n) is 20.0. The van der Waals surface area contributed by atoms with E-state index < -0.39 is 74.5 Å². The van der Waals surface area contributed by atoms with Gasteiger partial charge in [-0.05, 0) is 89.1 Å². The molecule has 4 aliphatic carbocycles. The lowest BCUT2D eigenvalue weighted by Crippen LogP contribution is -2.70. The molecule has 3 heterocycles. The minimum absolute atomic E-state index is 0.0131. The van der Waals surface area contributed by atoms with Gasteiger partial charge in [-0.1, -0.05) is 43.1 Å². The number of esters is 3. The van der Waals surface area contributed by atoms with Crippen LogP contribution in [0.1, 0.15) is 103 Å². The molecule has 2 aromatic carbocycles. The lowest BCUT2D eigenvalue weighted by Gasteiger charge is -2.64. The van der Waals surface area contributed by atoms with Gasteiger partial charge in [0.2, 0.25) is 5.78 Å². The lowest BCUT2D eigenvalue weighted by atomic mass is 9.38. The first-order valence-corrected chi connectivity index (χ1v) is 20.8. The van der Waals surface area contributed by atoms with Crippen LogP contribution in [0.25, 0.3) is 0 Å². The number of aliphatic hydroxyl groups is 1. The van der Waals surface area contributed by atoms with E-state index in [0.717, 1.165) is 5.56 Å². The maximum Gasteiger partial charge on any atom is 0.347 e. The topological polar surface area (TPSA) is 209 Å². The number of carbonyl (C=O) groups is 5. The minimum atomic E-state index is -1.17. The number of methoxy groups -OCH3 is 1. The third-order valence-corrected chi connectivity index (χ3v) is 15.6.